The summed E-state index contributed by atoms with van der Waals surface area (Å²) in [5.41, 5.74) is 1.34. The molecular formula is C16H16ClNO2. The molecule has 0 spiro atoms. The number of pyridine rings is 1. The standard InChI is InChI=1S/C16H16ClNO2/c1-11(2)20-14-7-13(9-18-10-14)16(19)8-12-5-3-4-6-15(12)17/h3-7,9-11H,8H2,1-2H3. The van der Waals surface area contributed by atoms with Crippen LogP contribution in [0.15, 0.2) is 42.7 Å². The fraction of sp³-hybridized carbons (Fsp3) is 0.250. The lowest BCUT2D eigenvalue weighted by Gasteiger charge is -2.10. The van der Waals surface area contributed by atoms with Gasteiger partial charge in [-0.2, -0.15) is 0 Å². The van der Waals surface area contributed by atoms with Crippen molar-refractivity contribution in [3.05, 3.63) is 58.9 Å². The van der Waals surface area contributed by atoms with Crippen LogP contribution in [0.3, 0.4) is 0 Å². The van der Waals surface area contributed by atoms with Crippen molar-refractivity contribution in [2.45, 2.75) is 26.4 Å². The van der Waals surface area contributed by atoms with Crippen molar-refractivity contribution in [2.75, 3.05) is 0 Å². The van der Waals surface area contributed by atoms with Gasteiger partial charge >= 0.3 is 0 Å². The summed E-state index contributed by atoms with van der Waals surface area (Å²) in [4.78, 5) is 16.3. The summed E-state index contributed by atoms with van der Waals surface area (Å²) in [6.07, 6.45) is 3.45. The molecule has 0 unspecified atom stereocenters. The van der Waals surface area contributed by atoms with Gasteiger partial charge in [0.2, 0.25) is 0 Å². The minimum Gasteiger partial charge on any atom is -0.489 e. The first-order chi connectivity index (χ1) is 9.56. The Labute approximate surface area is 123 Å². The SMILES string of the molecule is CC(C)Oc1cncc(C(=O)Cc2ccccc2Cl)c1. The van der Waals surface area contributed by atoms with Crippen LogP contribution in [-0.2, 0) is 6.42 Å². The Morgan fingerprint density at radius 1 is 1.30 bits per heavy atom. The number of Topliss-reactive ketones (excluding diaryl/α,β-unsaturated/α-hetero) is 1. The molecule has 0 amide bonds. The summed E-state index contributed by atoms with van der Waals surface area (Å²) in [7, 11) is 0. The summed E-state index contributed by atoms with van der Waals surface area (Å²) < 4.78 is 5.54. The van der Waals surface area contributed by atoms with Gasteiger partial charge in [-0.3, -0.25) is 9.78 Å². The third-order valence-electron chi connectivity index (χ3n) is 2.72. The first-order valence-corrected chi connectivity index (χ1v) is 6.82. The molecular weight excluding hydrogens is 274 g/mol. The van der Waals surface area contributed by atoms with Crippen molar-refractivity contribution >= 4 is 17.4 Å². The Balaban J connectivity index is 2.15. The summed E-state index contributed by atoms with van der Waals surface area (Å²) in [5.74, 6) is 0.574. The molecule has 20 heavy (non-hydrogen) atoms. The molecule has 3 nitrogen and oxygen atoms in total. The van der Waals surface area contributed by atoms with E-state index >= 15 is 0 Å². The van der Waals surface area contributed by atoms with Crippen LogP contribution >= 0.6 is 11.6 Å². The van der Waals surface area contributed by atoms with Crippen molar-refractivity contribution < 1.29 is 9.53 Å². The highest BCUT2D eigenvalue weighted by atomic mass is 35.5. The maximum atomic E-state index is 12.3. The molecule has 0 fully saturated rings. The molecule has 1 aromatic carbocycles. The fourth-order valence-corrected chi connectivity index (χ4v) is 2.03. The van der Waals surface area contributed by atoms with Gasteiger partial charge in [-0.25, -0.2) is 0 Å². The Kier molecular flexibility index (Phi) is 4.74. The van der Waals surface area contributed by atoms with E-state index in [0.717, 1.165) is 5.56 Å². The monoisotopic (exact) mass is 289 g/mol. The van der Waals surface area contributed by atoms with Crippen molar-refractivity contribution in [1.82, 2.24) is 4.98 Å². The summed E-state index contributed by atoms with van der Waals surface area (Å²) in [5, 5.41) is 0.600. The lowest BCUT2D eigenvalue weighted by atomic mass is 10.0. The molecule has 0 aliphatic carbocycles. The Morgan fingerprint density at radius 3 is 2.75 bits per heavy atom. The van der Waals surface area contributed by atoms with Gasteiger partial charge in [0, 0.05) is 23.2 Å². The van der Waals surface area contributed by atoms with E-state index < -0.39 is 0 Å². The van der Waals surface area contributed by atoms with Gasteiger partial charge in [0.05, 0.1) is 12.3 Å². The number of aromatic nitrogens is 1. The smallest absolute Gasteiger partial charge is 0.168 e. The van der Waals surface area contributed by atoms with Crippen LogP contribution in [0, 0.1) is 0 Å². The molecule has 4 heteroatoms. The number of carbonyl (C=O) groups excluding carboxylic acids is 1. The maximum absolute atomic E-state index is 12.3. The highest BCUT2D eigenvalue weighted by Crippen LogP contribution is 2.19. The maximum Gasteiger partial charge on any atom is 0.168 e. The second-order valence-corrected chi connectivity index (χ2v) is 5.17. The minimum atomic E-state index is -0.0280. The molecule has 0 aliphatic rings. The molecule has 0 aliphatic heterocycles. The number of ketones is 1. The van der Waals surface area contributed by atoms with Gasteiger partial charge in [-0.1, -0.05) is 29.8 Å². The van der Waals surface area contributed by atoms with E-state index in [9.17, 15) is 4.79 Å². The van der Waals surface area contributed by atoms with Gasteiger partial charge in [0.25, 0.3) is 0 Å². The number of halogens is 1. The van der Waals surface area contributed by atoms with E-state index in [4.69, 9.17) is 16.3 Å². The van der Waals surface area contributed by atoms with Gasteiger partial charge < -0.3 is 4.74 Å². The summed E-state index contributed by atoms with van der Waals surface area (Å²) in [6.45, 7) is 3.86. The number of hydrogen-bond donors (Lipinski definition) is 0. The largest absolute Gasteiger partial charge is 0.489 e. The number of carbonyl (C=O) groups is 1. The topological polar surface area (TPSA) is 39.2 Å². The van der Waals surface area contributed by atoms with Gasteiger partial charge in [-0.05, 0) is 31.5 Å². The van der Waals surface area contributed by atoms with E-state index in [2.05, 4.69) is 4.98 Å². The van der Waals surface area contributed by atoms with Gasteiger partial charge in [-0.15, -0.1) is 0 Å². The number of nitrogens with zero attached hydrogens (tertiary/aromatic N) is 1. The molecule has 0 saturated carbocycles. The molecule has 1 aromatic heterocycles. The van der Waals surface area contributed by atoms with Crippen LogP contribution in [0.2, 0.25) is 5.02 Å². The lowest BCUT2D eigenvalue weighted by molar-refractivity contribution is 0.0992. The van der Waals surface area contributed by atoms with Gasteiger partial charge in [0.15, 0.2) is 5.78 Å². The Morgan fingerprint density at radius 2 is 2.05 bits per heavy atom. The predicted octanol–water partition coefficient (Wildman–Crippen LogP) is 3.95. The van der Waals surface area contributed by atoms with E-state index in [0.29, 0.717) is 16.3 Å². The average Bonchev–Trinajstić information content (AvgIpc) is 2.41. The van der Waals surface area contributed by atoms with E-state index in [1.54, 1.807) is 24.5 Å². The molecule has 1 heterocycles. The Hall–Kier alpha value is -1.87. The molecule has 2 aromatic rings. The molecule has 0 atom stereocenters. The number of rotatable bonds is 5. The fourth-order valence-electron chi connectivity index (χ4n) is 1.82. The quantitative estimate of drug-likeness (QED) is 0.783. The van der Waals surface area contributed by atoms with Crippen LogP contribution in [0.4, 0.5) is 0 Å². The second kappa shape index (κ2) is 6.53. The number of hydrogen-bond acceptors (Lipinski definition) is 3. The van der Waals surface area contributed by atoms with Crippen molar-refractivity contribution in [2.24, 2.45) is 0 Å². The molecule has 104 valence electrons. The second-order valence-electron chi connectivity index (χ2n) is 4.77. The first kappa shape index (κ1) is 14.5. The highest BCUT2D eigenvalue weighted by molar-refractivity contribution is 6.31. The number of ether oxygens (including phenoxy) is 1. The third kappa shape index (κ3) is 3.81. The third-order valence-corrected chi connectivity index (χ3v) is 3.08. The van der Waals surface area contributed by atoms with Crippen LogP contribution < -0.4 is 4.74 Å². The average molecular weight is 290 g/mol. The molecule has 0 bridgehead atoms. The van der Waals surface area contributed by atoms with Crippen molar-refractivity contribution in [1.29, 1.82) is 0 Å². The van der Waals surface area contributed by atoms with Crippen LogP contribution in [0.25, 0.3) is 0 Å². The Bertz CT molecular complexity index is 611. The summed E-state index contributed by atoms with van der Waals surface area (Å²) in [6, 6.07) is 9.05. The normalized spacial score (nSPS) is 10.6. The molecule has 0 radical (unpaired) electrons. The van der Waals surface area contributed by atoms with Crippen LogP contribution in [0.5, 0.6) is 5.75 Å². The van der Waals surface area contributed by atoms with Crippen molar-refractivity contribution in [3.63, 3.8) is 0 Å². The van der Waals surface area contributed by atoms with E-state index in [-0.39, 0.29) is 18.3 Å². The van der Waals surface area contributed by atoms with Crippen molar-refractivity contribution in [3.8, 4) is 5.75 Å². The predicted molar refractivity (Wildman–Crippen MR) is 79.5 cm³/mol. The minimum absolute atomic E-state index is 0.0280. The van der Waals surface area contributed by atoms with E-state index in [1.165, 1.54) is 0 Å². The zero-order valence-corrected chi connectivity index (χ0v) is 12.2. The molecule has 0 saturated heterocycles. The summed E-state index contributed by atoms with van der Waals surface area (Å²) >= 11 is 6.06. The van der Waals surface area contributed by atoms with Crippen LogP contribution in [-0.4, -0.2) is 16.9 Å². The first-order valence-electron chi connectivity index (χ1n) is 6.44. The van der Waals surface area contributed by atoms with Crippen LogP contribution in [0.1, 0.15) is 29.8 Å². The van der Waals surface area contributed by atoms with Gasteiger partial charge in [0.1, 0.15) is 5.75 Å². The number of benzene rings is 1. The lowest BCUT2D eigenvalue weighted by Crippen LogP contribution is -2.08. The molecule has 0 N–H and O–H groups in total. The zero-order chi connectivity index (χ0) is 14.5. The highest BCUT2D eigenvalue weighted by Gasteiger charge is 2.11. The van der Waals surface area contributed by atoms with E-state index in [1.807, 2.05) is 32.0 Å². The molecule has 2 rings (SSSR count). The zero-order valence-electron chi connectivity index (χ0n) is 11.5.